The topological polar surface area (TPSA) is 130 Å². The van der Waals surface area contributed by atoms with E-state index in [0.717, 1.165) is 15.6 Å². The van der Waals surface area contributed by atoms with Gasteiger partial charge in [-0.05, 0) is 42.8 Å². The molecule has 8 nitrogen and oxygen atoms in total. The molecule has 0 amide bonds. The molecule has 0 radical (unpaired) electrons. The zero-order valence-corrected chi connectivity index (χ0v) is 22.6. The van der Waals surface area contributed by atoms with Gasteiger partial charge in [-0.3, -0.25) is 4.79 Å². The Hall–Kier alpha value is -5.01. The number of rotatable bonds is 7. The molecule has 2 aromatic carbocycles. The van der Waals surface area contributed by atoms with Gasteiger partial charge < -0.3 is 19.5 Å². The monoisotopic (exact) mass is 548 g/mol. The number of carbonyl (C=O) groups excluding carboxylic acids is 1. The molecule has 0 saturated heterocycles. The van der Waals surface area contributed by atoms with Crippen molar-refractivity contribution in [3.05, 3.63) is 112 Å². The van der Waals surface area contributed by atoms with Gasteiger partial charge in [0.1, 0.15) is 29.5 Å². The Bertz CT molecular complexity index is 1600. The lowest BCUT2D eigenvalue weighted by molar-refractivity contribution is -0.131. The second kappa shape index (κ2) is 12.2. The minimum Gasteiger partial charge on any atom is -0.474 e. The van der Waals surface area contributed by atoms with Crippen LogP contribution in [0.4, 0.5) is 5.69 Å². The number of aliphatic hydroxyl groups excluding tert-OH is 1. The van der Waals surface area contributed by atoms with Gasteiger partial charge in [-0.15, -0.1) is 0 Å². The first-order valence-corrected chi connectivity index (χ1v) is 13.1. The number of allylic oxidation sites excluding steroid dienone is 6. The molecule has 2 aromatic rings. The molecular formula is C31H24N4O4S. The number of nitriles is 3. The number of esters is 1. The van der Waals surface area contributed by atoms with Gasteiger partial charge in [-0.25, -0.2) is 0 Å². The fourth-order valence-corrected chi connectivity index (χ4v) is 5.51. The predicted molar refractivity (Wildman–Crippen MR) is 150 cm³/mol. The third-order valence-corrected chi connectivity index (χ3v) is 7.36. The maximum Gasteiger partial charge on any atom is 0.308 e. The van der Waals surface area contributed by atoms with E-state index in [4.69, 9.17) is 9.47 Å². The molecule has 40 heavy (non-hydrogen) atoms. The minimum absolute atomic E-state index is 0.0185. The summed E-state index contributed by atoms with van der Waals surface area (Å²) in [7, 11) is 0. The fraction of sp³-hybridized carbons (Fsp3) is 0.161. The highest BCUT2D eigenvalue weighted by Gasteiger charge is 2.43. The maximum absolute atomic E-state index is 11.3. The molecule has 0 fully saturated rings. The van der Waals surface area contributed by atoms with Crippen LogP contribution in [0.3, 0.4) is 0 Å². The van der Waals surface area contributed by atoms with Crippen LogP contribution < -0.4 is 9.64 Å². The lowest BCUT2D eigenvalue weighted by Crippen LogP contribution is -2.23. The molecule has 1 unspecified atom stereocenters. The number of nitrogens with zero attached hydrogens (tertiary/aromatic N) is 4. The number of anilines is 1. The van der Waals surface area contributed by atoms with E-state index in [9.17, 15) is 25.7 Å². The molecule has 198 valence electrons. The van der Waals surface area contributed by atoms with Crippen LogP contribution in [0, 0.1) is 34.0 Å². The maximum atomic E-state index is 11.3. The molecule has 2 aliphatic rings. The van der Waals surface area contributed by atoms with Crippen molar-refractivity contribution in [1.82, 2.24) is 0 Å². The highest BCUT2D eigenvalue weighted by molar-refractivity contribution is 8.03. The summed E-state index contributed by atoms with van der Waals surface area (Å²) >= 11 is 1.61. The zero-order chi connectivity index (χ0) is 28.7. The van der Waals surface area contributed by atoms with Crippen molar-refractivity contribution < 1.29 is 19.4 Å². The molecule has 9 heteroatoms. The molecule has 0 spiro atoms. The van der Waals surface area contributed by atoms with Crippen LogP contribution in [0.5, 0.6) is 5.75 Å². The molecule has 0 aromatic heterocycles. The molecule has 1 N–H and O–H groups in total. The van der Waals surface area contributed by atoms with Crippen molar-refractivity contribution in [2.75, 3.05) is 18.1 Å². The molecule has 2 aliphatic heterocycles. The third-order valence-electron chi connectivity index (χ3n) is 6.23. The van der Waals surface area contributed by atoms with E-state index in [1.54, 1.807) is 61.2 Å². The molecule has 0 aliphatic carbocycles. The van der Waals surface area contributed by atoms with Crippen LogP contribution in [0.2, 0.25) is 0 Å². The van der Waals surface area contributed by atoms with Crippen LogP contribution in [-0.4, -0.2) is 24.2 Å². The van der Waals surface area contributed by atoms with Crippen LogP contribution in [-0.2, 0) is 15.1 Å². The molecule has 4 rings (SSSR count). The molecular weight excluding hydrogens is 524 g/mol. The molecule has 1 atom stereocenters. The van der Waals surface area contributed by atoms with Gasteiger partial charge in [0.25, 0.3) is 0 Å². The van der Waals surface area contributed by atoms with E-state index in [1.165, 1.54) is 6.92 Å². The number of carbonyl (C=O) groups is 1. The second-order valence-electron chi connectivity index (χ2n) is 8.78. The predicted octanol–water partition coefficient (Wildman–Crippen LogP) is 5.54. The normalized spacial score (nSPS) is 18.9. The Balaban J connectivity index is 1.68. The number of hydrogen-bond donors (Lipinski definition) is 1. The summed E-state index contributed by atoms with van der Waals surface area (Å²) in [5, 5.41) is 39.4. The fourth-order valence-electron chi connectivity index (χ4n) is 4.41. The summed E-state index contributed by atoms with van der Waals surface area (Å²) in [5.41, 5.74) is 0.734. The van der Waals surface area contributed by atoms with Gasteiger partial charge in [-0.2, -0.15) is 15.8 Å². The average molecular weight is 549 g/mol. The van der Waals surface area contributed by atoms with Crippen LogP contribution in [0.25, 0.3) is 0 Å². The Kier molecular flexibility index (Phi) is 8.57. The Labute approximate surface area is 236 Å². The first-order chi connectivity index (χ1) is 19.4. The Morgan fingerprint density at radius 2 is 1.82 bits per heavy atom. The lowest BCUT2D eigenvalue weighted by atomic mass is 9.86. The van der Waals surface area contributed by atoms with Gasteiger partial charge in [-0.1, -0.05) is 60.3 Å². The Morgan fingerprint density at radius 1 is 1.10 bits per heavy atom. The summed E-state index contributed by atoms with van der Waals surface area (Å²) in [6.45, 7) is 3.54. The van der Waals surface area contributed by atoms with E-state index < -0.39 is 11.6 Å². The Morgan fingerprint density at radius 3 is 2.48 bits per heavy atom. The number of hydrogen-bond acceptors (Lipinski definition) is 9. The van der Waals surface area contributed by atoms with E-state index >= 15 is 0 Å². The number of aliphatic hydroxyl groups is 1. The van der Waals surface area contributed by atoms with E-state index in [1.807, 2.05) is 53.5 Å². The molecule has 0 bridgehead atoms. The first kappa shape index (κ1) is 28.0. The van der Waals surface area contributed by atoms with Gasteiger partial charge in [0, 0.05) is 23.9 Å². The number of β-amino-alcohol motifs (C(OH)–C–C–N with tert-alkyl or cyclic N) is 1. The van der Waals surface area contributed by atoms with Gasteiger partial charge >= 0.3 is 5.97 Å². The summed E-state index contributed by atoms with van der Waals surface area (Å²) < 4.78 is 11.3. The summed E-state index contributed by atoms with van der Waals surface area (Å²) in [6, 6.07) is 20.3. The van der Waals surface area contributed by atoms with Crippen LogP contribution in [0.1, 0.15) is 19.4 Å². The number of para-hydroxylation sites is 1. The van der Waals surface area contributed by atoms with E-state index in [2.05, 4.69) is 6.07 Å². The van der Waals surface area contributed by atoms with E-state index in [-0.39, 0.29) is 23.5 Å². The van der Waals surface area contributed by atoms with Crippen molar-refractivity contribution in [2.24, 2.45) is 0 Å². The van der Waals surface area contributed by atoms with E-state index in [0.29, 0.717) is 23.4 Å². The van der Waals surface area contributed by atoms with Crippen molar-refractivity contribution >= 4 is 23.4 Å². The standard InChI is InChI=1S/C31H24N4O4S/c1-21(37)38-24-14-12-23(13-15-24)31(2)26(25(20-34)30(39-31)22(18-32)19-33)8-4-3-5-11-29-35(16-17-36)27-9-6-7-10-28(27)40-29/h3-15,36H,16-17H2,1-2H3/b5-3+,8-4+,29-11-. The van der Waals surface area contributed by atoms with Crippen molar-refractivity contribution in [1.29, 1.82) is 15.8 Å². The van der Waals surface area contributed by atoms with Crippen molar-refractivity contribution in [2.45, 2.75) is 24.3 Å². The number of fused-ring (bicyclic) bond motifs is 1. The smallest absolute Gasteiger partial charge is 0.308 e. The SMILES string of the molecule is CC(=O)Oc1ccc(C2(C)OC(=C(C#N)C#N)C(C#N)=C2/C=C/C=C/C=C2\Sc3ccccc3N2CCO)cc1. The number of ether oxygens (including phenoxy) is 2. The highest BCUT2D eigenvalue weighted by Crippen LogP contribution is 2.47. The quantitative estimate of drug-likeness (QED) is 0.205. The molecule has 2 heterocycles. The second-order valence-corrected chi connectivity index (χ2v) is 9.84. The lowest BCUT2D eigenvalue weighted by Gasteiger charge is -2.27. The first-order valence-electron chi connectivity index (χ1n) is 12.2. The van der Waals surface area contributed by atoms with Crippen molar-refractivity contribution in [3.8, 4) is 24.0 Å². The third kappa shape index (κ3) is 5.55. The highest BCUT2D eigenvalue weighted by atomic mass is 32.2. The van der Waals surface area contributed by atoms with Crippen LogP contribution in [0.15, 0.2) is 111 Å². The summed E-state index contributed by atoms with van der Waals surface area (Å²) in [4.78, 5) is 14.5. The number of thioether (sulfide) groups is 1. The van der Waals surface area contributed by atoms with Crippen LogP contribution >= 0.6 is 11.8 Å². The molecule has 0 saturated carbocycles. The summed E-state index contributed by atoms with van der Waals surface area (Å²) in [6.07, 6.45) is 9.07. The number of benzene rings is 2. The van der Waals surface area contributed by atoms with Gasteiger partial charge in [0.05, 0.1) is 17.3 Å². The summed E-state index contributed by atoms with van der Waals surface area (Å²) in [5.74, 6) is -0.182. The zero-order valence-electron chi connectivity index (χ0n) is 21.8. The minimum atomic E-state index is -1.20. The van der Waals surface area contributed by atoms with Crippen molar-refractivity contribution in [3.63, 3.8) is 0 Å². The van der Waals surface area contributed by atoms with Gasteiger partial charge in [0.2, 0.25) is 0 Å². The van der Waals surface area contributed by atoms with Gasteiger partial charge in [0.15, 0.2) is 16.9 Å². The average Bonchev–Trinajstić information content (AvgIpc) is 3.44. The largest absolute Gasteiger partial charge is 0.474 e.